The number of rotatable bonds is 4. The lowest BCUT2D eigenvalue weighted by atomic mass is 10.1. The molecule has 2 N–H and O–H groups in total. The summed E-state index contributed by atoms with van der Waals surface area (Å²) in [7, 11) is -3.34. The van der Waals surface area contributed by atoms with E-state index in [4.69, 9.17) is 0 Å². The van der Waals surface area contributed by atoms with E-state index in [1.54, 1.807) is 25.1 Å². The molecule has 0 unspecified atom stereocenters. The molecule has 0 bridgehead atoms. The molecule has 8 heteroatoms. The first-order valence-corrected chi connectivity index (χ1v) is 10.5. The minimum atomic E-state index is -3.34. The van der Waals surface area contributed by atoms with E-state index >= 15 is 0 Å². The molecule has 6 nitrogen and oxygen atoms in total. The number of aromatic nitrogens is 1. The number of nitrogens with one attached hydrogen (secondary N) is 2. The number of carbonyl (C=O) groups excluding carboxylic acids is 1. The second-order valence-corrected chi connectivity index (χ2v) is 9.45. The van der Waals surface area contributed by atoms with Crippen LogP contribution in [0.3, 0.4) is 0 Å². The fourth-order valence-corrected chi connectivity index (χ4v) is 4.83. The number of carbonyl (C=O) groups is 1. The van der Waals surface area contributed by atoms with Gasteiger partial charge in [-0.1, -0.05) is 24.6 Å². The van der Waals surface area contributed by atoms with Crippen LogP contribution in [0.1, 0.15) is 18.1 Å². The van der Waals surface area contributed by atoms with Crippen LogP contribution < -0.4 is 10.6 Å². The van der Waals surface area contributed by atoms with Crippen molar-refractivity contribution in [1.29, 1.82) is 0 Å². The van der Waals surface area contributed by atoms with Gasteiger partial charge in [0, 0.05) is 11.4 Å². The summed E-state index contributed by atoms with van der Waals surface area (Å²) in [5.74, 6) is 0.0102. The highest BCUT2D eigenvalue weighted by molar-refractivity contribution is 7.93. The summed E-state index contributed by atoms with van der Waals surface area (Å²) >= 11 is 1.11. The van der Waals surface area contributed by atoms with Crippen molar-refractivity contribution in [2.45, 2.75) is 25.1 Å². The number of hydrogen-bond acceptors (Lipinski definition) is 5. The summed E-state index contributed by atoms with van der Waals surface area (Å²) in [6.45, 7) is 5.52. The predicted octanol–water partition coefficient (Wildman–Crippen LogP) is 4.35. The third-order valence-corrected chi connectivity index (χ3v) is 7.11. The van der Waals surface area contributed by atoms with E-state index in [2.05, 4.69) is 15.6 Å². The molecule has 0 aliphatic rings. The van der Waals surface area contributed by atoms with E-state index in [0.29, 0.717) is 15.9 Å². The summed E-state index contributed by atoms with van der Waals surface area (Å²) in [5.41, 5.74) is 4.02. The highest BCUT2D eigenvalue weighted by atomic mass is 32.2. The first kappa shape index (κ1) is 18.3. The molecule has 3 aromatic rings. The zero-order chi connectivity index (χ0) is 18.9. The van der Waals surface area contributed by atoms with Crippen LogP contribution in [0.15, 0.2) is 40.7 Å². The molecule has 1 aromatic heterocycles. The first-order chi connectivity index (χ1) is 12.3. The average molecular weight is 390 g/mol. The van der Waals surface area contributed by atoms with Crippen LogP contribution in [0.5, 0.6) is 0 Å². The molecule has 0 radical (unpaired) electrons. The Hall–Kier alpha value is -2.45. The van der Waals surface area contributed by atoms with Gasteiger partial charge in [0.1, 0.15) is 0 Å². The van der Waals surface area contributed by atoms with E-state index in [1.807, 2.05) is 32.0 Å². The number of urea groups is 1. The molecule has 0 fully saturated rings. The molecule has 0 atom stereocenters. The van der Waals surface area contributed by atoms with E-state index in [1.165, 1.54) is 0 Å². The average Bonchev–Trinajstić information content (AvgIpc) is 3.01. The molecule has 1 heterocycles. The number of sulfone groups is 1. The Morgan fingerprint density at radius 3 is 2.58 bits per heavy atom. The number of fused-ring (bicyclic) bond motifs is 1. The maximum Gasteiger partial charge on any atom is 0.323 e. The van der Waals surface area contributed by atoms with Crippen LogP contribution >= 0.6 is 11.3 Å². The zero-order valence-corrected chi connectivity index (χ0v) is 16.3. The lowest BCUT2D eigenvalue weighted by Gasteiger charge is -2.10. The van der Waals surface area contributed by atoms with Crippen LogP contribution in [0.4, 0.5) is 16.2 Å². The minimum absolute atomic E-state index is 0.0102. The van der Waals surface area contributed by atoms with E-state index in [-0.39, 0.29) is 16.1 Å². The van der Waals surface area contributed by atoms with E-state index in [9.17, 15) is 13.2 Å². The maximum atomic E-state index is 12.2. The number of aryl methyl sites for hydroxylation is 2. The predicted molar refractivity (Wildman–Crippen MR) is 106 cm³/mol. The van der Waals surface area contributed by atoms with Crippen molar-refractivity contribution >= 4 is 48.8 Å². The number of hydrogen-bond donors (Lipinski definition) is 2. The second kappa shape index (κ2) is 7.05. The van der Waals surface area contributed by atoms with E-state index in [0.717, 1.165) is 28.2 Å². The summed E-state index contributed by atoms with van der Waals surface area (Å²) in [4.78, 5) is 16.4. The molecule has 0 aliphatic heterocycles. The summed E-state index contributed by atoms with van der Waals surface area (Å²) < 4.78 is 24.7. The number of thiazole rings is 1. The molecule has 0 aliphatic carbocycles. The van der Waals surface area contributed by atoms with Crippen molar-refractivity contribution in [2.24, 2.45) is 0 Å². The smallest absolute Gasteiger partial charge is 0.308 e. The number of benzene rings is 2. The Kier molecular flexibility index (Phi) is 4.97. The minimum Gasteiger partial charge on any atom is -0.308 e. The molecule has 2 amide bonds. The zero-order valence-electron chi connectivity index (χ0n) is 14.7. The number of nitrogens with zero attached hydrogens (tertiary/aromatic N) is 1. The van der Waals surface area contributed by atoms with Gasteiger partial charge in [-0.15, -0.1) is 11.3 Å². The van der Waals surface area contributed by atoms with Crippen molar-refractivity contribution in [2.75, 3.05) is 16.4 Å². The fraction of sp³-hybridized carbons (Fsp3) is 0.222. The SMILES string of the molecule is CCS(=O)(=O)c1nc2ccc(NC(=O)Nc3ccc(C)cc3C)cc2s1. The maximum absolute atomic E-state index is 12.2. The van der Waals surface area contributed by atoms with Gasteiger partial charge >= 0.3 is 6.03 Å². The van der Waals surface area contributed by atoms with Crippen molar-refractivity contribution in [3.8, 4) is 0 Å². The van der Waals surface area contributed by atoms with Gasteiger partial charge in [-0.25, -0.2) is 18.2 Å². The molecule has 0 saturated heterocycles. The van der Waals surface area contributed by atoms with Gasteiger partial charge in [0.2, 0.25) is 14.2 Å². The van der Waals surface area contributed by atoms with Crippen LogP contribution in [-0.4, -0.2) is 25.2 Å². The third-order valence-electron chi connectivity index (χ3n) is 3.90. The molecule has 2 aromatic carbocycles. The van der Waals surface area contributed by atoms with Crippen molar-refractivity contribution in [3.63, 3.8) is 0 Å². The quantitative estimate of drug-likeness (QED) is 0.694. The van der Waals surface area contributed by atoms with Gasteiger partial charge in [-0.3, -0.25) is 0 Å². The Bertz CT molecular complexity index is 1090. The Morgan fingerprint density at radius 1 is 1.12 bits per heavy atom. The second-order valence-electron chi connectivity index (χ2n) is 5.96. The Balaban J connectivity index is 1.79. The summed E-state index contributed by atoms with van der Waals surface area (Å²) in [6.07, 6.45) is 0. The first-order valence-electron chi connectivity index (χ1n) is 8.07. The normalized spacial score (nSPS) is 11.5. The molecular formula is C18H19N3O3S2. The third kappa shape index (κ3) is 3.86. The lowest BCUT2D eigenvalue weighted by molar-refractivity contribution is 0.262. The molecule has 0 spiro atoms. The van der Waals surface area contributed by atoms with Gasteiger partial charge in [-0.2, -0.15) is 0 Å². The summed E-state index contributed by atoms with van der Waals surface area (Å²) in [5, 5.41) is 5.58. The van der Waals surface area contributed by atoms with Crippen molar-refractivity contribution < 1.29 is 13.2 Å². The standard InChI is InChI=1S/C18H19N3O3S2/c1-4-26(23,24)18-21-15-8-6-13(10-16(15)25-18)19-17(22)20-14-7-5-11(2)9-12(14)3/h5-10H,4H2,1-3H3,(H2,19,20,22). The van der Waals surface area contributed by atoms with Crippen LogP contribution in [0, 0.1) is 13.8 Å². The summed E-state index contributed by atoms with van der Waals surface area (Å²) in [6, 6.07) is 10.6. The van der Waals surface area contributed by atoms with Gasteiger partial charge < -0.3 is 10.6 Å². The molecular weight excluding hydrogens is 370 g/mol. The Morgan fingerprint density at radius 2 is 1.88 bits per heavy atom. The number of amides is 2. The van der Waals surface area contributed by atoms with Gasteiger partial charge in [-0.05, 0) is 43.7 Å². The Labute approximate surface area is 156 Å². The van der Waals surface area contributed by atoms with Crippen LogP contribution in [-0.2, 0) is 9.84 Å². The van der Waals surface area contributed by atoms with E-state index < -0.39 is 9.84 Å². The highest BCUT2D eigenvalue weighted by Crippen LogP contribution is 2.28. The van der Waals surface area contributed by atoms with Crippen LogP contribution in [0.2, 0.25) is 0 Å². The number of anilines is 2. The molecule has 136 valence electrons. The highest BCUT2D eigenvalue weighted by Gasteiger charge is 2.17. The van der Waals surface area contributed by atoms with Crippen molar-refractivity contribution in [3.05, 3.63) is 47.5 Å². The largest absolute Gasteiger partial charge is 0.323 e. The van der Waals surface area contributed by atoms with Gasteiger partial charge in [0.25, 0.3) is 0 Å². The van der Waals surface area contributed by atoms with Crippen LogP contribution in [0.25, 0.3) is 10.2 Å². The molecule has 0 saturated carbocycles. The lowest BCUT2D eigenvalue weighted by Crippen LogP contribution is -2.19. The monoisotopic (exact) mass is 389 g/mol. The van der Waals surface area contributed by atoms with Crippen molar-refractivity contribution in [1.82, 2.24) is 4.98 Å². The topological polar surface area (TPSA) is 88.2 Å². The van der Waals surface area contributed by atoms with Gasteiger partial charge in [0.05, 0.1) is 16.0 Å². The van der Waals surface area contributed by atoms with Gasteiger partial charge in [0.15, 0.2) is 0 Å². The fourth-order valence-electron chi connectivity index (χ4n) is 2.48. The molecule has 26 heavy (non-hydrogen) atoms. The molecule has 3 rings (SSSR count).